The highest BCUT2D eigenvalue weighted by molar-refractivity contribution is 8.00. The first-order valence-corrected chi connectivity index (χ1v) is 7.76. The number of nitro benzene ring substituents is 1. The van der Waals surface area contributed by atoms with E-state index in [0.29, 0.717) is 13.1 Å². The lowest BCUT2D eigenvalue weighted by Gasteiger charge is -2.23. The molecule has 2 N–H and O–H groups in total. The fourth-order valence-corrected chi connectivity index (χ4v) is 3.39. The lowest BCUT2D eigenvalue weighted by atomic mass is 10.1. The molecule has 2 rings (SSSR count). The van der Waals surface area contributed by atoms with Gasteiger partial charge >= 0.3 is 0 Å². The van der Waals surface area contributed by atoms with Crippen LogP contribution in [0.5, 0.6) is 0 Å². The van der Waals surface area contributed by atoms with Crippen LogP contribution in [0.1, 0.15) is 30.6 Å². The summed E-state index contributed by atoms with van der Waals surface area (Å²) in [6.45, 7) is 5.59. The lowest BCUT2D eigenvalue weighted by Crippen LogP contribution is -2.34. The Morgan fingerprint density at radius 3 is 2.81 bits per heavy atom. The molecule has 1 aliphatic heterocycles. The Morgan fingerprint density at radius 2 is 2.14 bits per heavy atom. The summed E-state index contributed by atoms with van der Waals surface area (Å²) in [5.41, 5.74) is 5.74. The van der Waals surface area contributed by atoms with Gasteiger partial charge in [-0.3, -0.25) is 14.9 Å². The molecule has 0 bridgehead atoms. The normalized spacial score (nSPS) is 18.1. The molecule has 6 nitrogen and oxygen atoms in total. The molecule has 1 aromatic carbocycles. The molecule has 0 aromatic heterocycles. The van der Waals surface area contributed by atoms with Crippen LogP contribution in [0.3, 0.4) is 0 Å². The smallest absolute Gasteiger partial charge is 0.292 e. The summed E-state index contributed by atoms with van der Waals surface area (Å²) < 4.78 is 0.142. The summed E-state index contributed by atoms with van der Waals surface area (Å²) in [5.74, 6) is 0.627. The van der Waals surface area contributed by atoms with Gasteiger partial charge in [0, 0.05) is 29.7 Å². The molecule has 1 aromatic rings. The Hall–Kier alpha value is -1.76. The van der Waals surface area contributed by atoms with Crippen LogP contribution in [-0.2, 0) is 0 Å². The highest BCUT2D eigenvalue weighted by Gasteiger charge is 2.28. The van der Waals surface area contributed by atoms with Crippen molar-refractivity contribution in [2.24, 2.45) is 0 Å². The molecule has 1 aliphatic rings. The Morgan fingerprint density at radius 1 is 1.43 bits per heavy atom. The molecule has 1 saturated heterocycles. The van der Waals surface area contributed by atoms with Crippen LogP contribution in [0.25, 0.3) is 0 Å². The van der Waals surface area contributed by atoms with Gasteiger partial charge in [0.15, 0.2) is 0 Å². The van der Waals surface area contributed by atoms with Gasteiger partial charge in [-0.05, 0) is 12.5 Å². The van der Waals surface area contributed by atoms with Gasteiger partial charge in [-0.25, -0.2) is 0 Å². The van der Waals surface area contributed by atoms with Crippen LogP contribution in [0, 0.1) is 10.1 Å². The molecule has 0 saturated carbocycles. The van der Waals surface area contributed by atoms with Crippen molar-refractivity contribution in [1.82, 2.24) is 4.90 Å². The van der Waals surface area contributed by atoms with E-state index in [4.69, 9.17) is 5.73 Å². The van der Waals surface area contributed by atoms with E-state index >= 15 is 0 Å². The van der Waals surface area contributed by atoms with Gasteiger partial charge in [0.05, 0.1) is 10.5 Å². The molecule has 114 valence electrons. The fraction of sp³-hybridized carbons (Fsp3) is 0.500. The van der Waals surface area contributed by atoms with Crippen LogP contribution < -0.4 is 5.73 Å². The highest BCUT2D eigenvalue weighted by Crippen LogP contribution is 2.32. The van der Waals surface area contributed by atoms with Crippen molar-refractivity contribution in [1.29, 1.82) is 0 Å². The Kier molecular flexibility index (Phi) is 4.41. The van der Waals surface area contributed by atoms with E-state index in [2.05, 4.69) is 13.8 Å². The third-order valence-corrected chi connectivity index (χ3v) is 5.01. The number of rotatable bonds is 2. The van der Waals surface area contributed by atoms with E-state index in [1.54, 1.807) is 11.0 Å². The average Bonchev–Trinajstić information content (AvgIpc) is 2.59. The number of nitrogens with two attached hydrogens (primary N) is 1. The second-order valence-electron chi connectivity index (χ2n) is 5.65. The first kappa shape index (κ1) is 15.6. The predicted octanol–water partition coefficient (Wildman–Crippen LogP) is 2.53. The van der Waals surface area contributed by atoms with Gasteiger partial charge in [0.25, 0.3) is 11.6 Å². The van der Waals surface area contributed by atoms with E-state index < -0.39 is 4.92 Å². The second-order valence-corrected chi connectivity index (χ2v) is 7.45. The lowest BCUT2D eigenvalue weighted by molar-refractivity contribution is -0.383. The number of carbonyl (C=O) groups is 1. The minimum absolute atomic E-state index is 0.0522. The van der Waals surface area contributed by atoms with Gasteiger partial charge < -0.3 is 10.6 Å². The first-order valence-electron chi connectivity index (χ1n) is 6.78. The Balaban J connectivity index is 2.24. The summed E-state index contributed by atoms with van der Waals surface area (Å²) in [7, 11) is 0. The molecule has 21 heavy (non-hydrogen) atoms. The Labute approximate surface area is 127 Å². The molecular formula is C14H19N3O3S. The summed E-state index contributed by atoms with van der Waals surface area (Å²) in [6, 6.07) is 4.36. The fourth-order valence-electron chi connectivity index (χ4n) is 2.29. The third-order valence-electron chi connectivity index (χ3n) is 3.64. The quantitative estimate of drug-likeness (QED) is 0.515. The van der Waals surface area contributed by atoms with Crippen molar-refractivity contribution in [3.05, 3.63) is 33.9 Å². The number of carbonyl (C=O) groups excluding carboxylic acids is 1. The van der Waals surface area contributed by atoms with Crippen LogP contribution in [0.15, 0.2) is 18.2 Å². The maximum absolute atomic E-state index is 12.6. The summed E-state index contributed by atoms with van der Waals surface area (Å²) in [4.78, 5) is 24.7. The molecule has 0 unspecified atom stereocenters. The molecule has 0 radical (unpaired) electrons. The topological polar surface area (TPSA) is 89.5 Å². The highest BCUT2D eigenvalue weighted by atomic mass is 32.2. The monoisotopic (exact) mass is 309 g/mol. The van der Waals surface area contributed by atoms with Crippen molar-refractivity contribution >= 4 is 29.0 Å². The van der Waals surface area contributed by atoms with Crippen molar-refractivity contribution in [2.75, 3.05) is 24.6 Å². The Bertz CT molecular complexity index is 575. The molecule has 1 heterocycles. The maximum Gasteiger partial charge on any atom is 0.292 e. The SMILES string of the molecule is CC1(C)CCN(C(=O)c2cccc([N+](=O)[O-])c2N)CCS1. The van der Waals surface area contributed by atoms with Crippen LogP contribution in [0.2, 0.25) is 0 Å². The largest absolute Gasteiger partial charge is 0.393 e. The maximum atomic E-state index is 12.6. The molecule has 1 fully saturated rings. The van der Waals surface area contributed by atoms with E-state index in [1.807, 2.05) is 11.8 Å². The molecule has 0 spiro atoms. The second kappa shape index (κ2) is 5.93. The molecule has 1 amide bonds. The number of hydrogen-bond acceptors (Lipinski definition) is 5. The molecule has 0 aliphatic carbocycles. The molecule has 7 heteroatoms. The number of nitrogens with zero attached hydrogens (tertiary/aromatic N) is 2. The van der Waals surface area contributed by atoms with E-state index in [1.165, 1.54) is 12.1 Å². The zero-order valence-corrected chi connectivity index (χ0v) is 13.0. The van der Waals surface area contributed by atoms with E-state index in [9.17, 15) is 14.9 Å². The summed E-state index contributed by atoms with van der Waals surface area (Å²) in [6.07, 6.45) is 0.887. The van der Waals surface area contributed by atoms with Gasteiger partial charge in [-0.2, -0.15) is 11.8 Å². The number of benzene rings is 1. The predicted molar refractivity (Wildman–Crippen MR) is 84.6 cm³/mol. The zero-order chi connectivity index (χ0) is 15.6. The van der Waals surface area contributed by atoms with Crippen molar-refractivity contribution in [2.45, 2.75) is 25.0 Å². The van der Waals surface area contributed by atoms with Crippen molar-refractivity contribution < 1.29 is 9.72 Å². The zero-order valence-electron chi connectivity index (χ0n) is 12.2. The number of amides is 1. The standard InChI is InChI=1S/C14H19N3O3S/c1-14(2)6-7-16(8-9-21-14)13(18)10-4-3-5-11(12(10)15)17(19)20/h3-5H,6-9,15H2,1-2H3. The van der Waals surface area contributed by atoms with Gasteiger partial charge in [-0.15, -0.1) is 0 Å². The summed E-state index contributed by atoms with van der Waals surface area (Å²) >= 11 is 1.84. The van der Waals surface area contributed by atoms with E-state index in [0.717, 1.165) is 12.2 Å². The van der Waals surface area contributed by atoms with Gasteiger partial charge in [-0.1, -0.05) is 19.9 Å². The minimum atomic E-state index is -0.562. The number of hydrogen-bond donors (Lipinski definition) is 1. The first-order chi connectivity index (χ1) is 9.82. The number of anilines is 1. The molecule has 0 atom stereocenters. The van der Waals surface area contributed by atoms with E-state index in [-0.39, 0.29) is 27.6 Å². The number of para-hydroxylation sites is 1. The molecular weight excluding hydrogens is 290 g/mol. The number of thioether (sulfide) groups is 1. The van der Waals surface area contributed by atoms with Crippen LogP contribution in [-0.4, -0.2) is 39.3 Å². The van der Waals surface area contributed by atoms with Crippen molar-refractivity contribution in [3.8, 4) is 0 Å². The number of nitro groups is 1. The van der Waals surface area contributed by atoms with Crippen LogP contribution in [0.4, 0.5) is 11.4 Å². The van der Waals surface area contributed by atoms with Gasteiger partial charge in [0.2, 0.25) is 0 Å². The van der Waals surface area contributed by atoms with Crippen molar-refractivity contribution in [3.63, 3.8) is 0 Å². The van der Waals surface area contributed by atoms with Gasteiger partial charge in [0.1, 0.15) is 5.69 Å². The number of nitrogen functional groups attached to an aromatic ring is 1. The minimum Gasteiger partial charge on any atom is -0.393 e. The average molecular weight is 309 g/mol. The third kappa shape index (κ3) is 3.47. The van der Waals surface area contributed by atoms with Crippen LogP contribution >= 0.6 is 11.8 Å². The summed E-state index contributed by atoms with van der Waals surface area (Å²) in [5, 5.41) is 10.9.